The standard InChI is InChI=1S/C13H22F3N5/c1-9(2)5-6-18-12(17-3)19-7-10-8-21(4)20-11(10)13(14,15)16/h8-9H,5-7H2,1-4H3,(H2,17,18,19). The van der Waals surface area contributed by atoms with E-state index in [1.54, 1.807) is 7.05 Å². The van der Waals surface area contributed by atoms with Gasteiger partial charge in [-0.3, -0.25) is 9.67 Å². The summed E-state index contributed by atoms with van der Waals surface area (Å²) in [7, 11) is 3.05. The number of hydrogen-bond donors (Lipinski definition) is 2. The van der Waals surface area contributed by atoms with Crippen molar-refractivity contribution in [1.82, 2.24) is 20.4 Å². The Morgan fingerprint density at radius 2 is 2.05 bits per heavy atom. The molecule has 1 heterocycles. The molecule has 0 aliphatic rings. The van der Waals surface area contributed by atoms with Crippen molar-refractivity contribution in [2.75, 3.05) is 13.6 Å². The number of hydrogen-bond acceptors (Lipinski definition) is 2. The van der Waals surface area contributed by atoms with Crippen LogP contribution in [0, 0.1) is 5.92 Å². The number of nitrogens with zero attached hydrogens (tertiary/aromatic N) is 3. The van der Waals surface area contributed by atoms with Crippen LogP contribution in [0.5, 0.6) is 0 Å². The zero-order chi connectivity index (χ0) is 16.0. The second-order valence-corrected chi connectivity index (χ2v) is 5.21. The molecule has 21 heavy (non-hydrogen) atoms. The largest absolute Gasteiger partial charge is 0.435 e. The Kier molecular flexibility index (Phi) is 6.04. The van der Waals surface area contributed by atoms with E-state index in [0.29, 0.717) is 11.9 Å². The number of aliphatic imine (C=N–C) groups is 1. The maximum absolute atomic E-state index is 12.8. The second kappa shape index (κ2) is 7.33. The Morgan fingerprint density at radius 1 is 1.38 bits per heavy atom. The Hall–Kier alpha value is -1.73. The topological polar surface area (TPSA) is 54.2 Å². The molecule has 0 saturated carbocycles. The summed E-state index contributed by atoms with van der Waals surface area (Å²) in [6.07, 6.45) is -2.13. The first-order valence-corrected chi connectivity index (χ1v) is 6.78. The van der Waals surface area contributed by atoms with Gasteiger partial charge >= 0.3 is 6.18 Å². The lowest BCUT2D eigenvalue weighted by Crippen LogP contribution is -2.37. The van der Waals surface area contributed by atoms with Crippen molar-refractivity contribution in [1.29, 1.82) is 0 Å². The van der Waals surface area contributed by atoms with Crippen molar-refractivity contribution in [3.8, 4) is 0 Å². The van der Waals surface area contributed by atoms with Gasteiger partial charge in [0.15, 0.2) is 11.7 Å². The quantitative estimate of drug-likeness (QED) is 0.647. The van der Waals surface area contributed by atoms with Gasteiger partial charge in [0, 0.05) is 38.9 Å². The molecule has 0 aliphatic carbocycles. The molecular weight excluding hydrogens is 283 g/mol. The van der Waals surface area contributed by atoms with Crippen molar-refractivity contribution in [3.63, 3.8) is 0 Å². The molecule has 1 rings (SSSR count). The van der Waals surface area contributed by atoms with Crippen LogP contribution >= 0.6 is 0 Å². The van der Waals surface area contributed by atoms with Crippen LogP contribution in [0.15, 0.2) is 11.2 Å². The third kappa shape index (κ3) is 5.65. The zero-order valence-corrected chi connectivity index (χ0v) is 12.8. The maximum Gasteiger partial charge on any atom is 0.435 e. The minimum absolute atomic E-state index is 0.0179. The minimum Gasteiger partial charge on any atom is -0.356 e. The second-order valence-electron chi connectivity index (χ2n) is 5.21. The molecule has 1 aromatic rings. The van der Waals surface area contributed by atoms with E-state index in [0.717, 1.165) is 17.6 Å². The summed E-state index contributed by atoms with van der Waals surface area (Å²) >= 11 is 0. The van der Waals surface area contributed by atoms with E-state index >= 15 is 0 Å². The lowest BCUT2D eigenvalue weighted by Gasteiger charge is -2.13. The number of nitrogens with one attached hydrogen (secondary N) is 2. The summed E-state index contributed by atoms with van der Waals surface area (Å²) in [4.78, 5) is 3.98. The maximum atomic E-state index is 12.8. The highest BCUT2D eigenvalue weighted by atomic mass is 19.4. The Bertz CT molecular complexity index is 477. The minimum atomic E-state index is -4.45. The molecule has 0 fully saturated rings. The number of rotatable bonds is 5. The van der Waals surface area contributed by atoms with E-state index in [1.165, 1.54) is 13.2 Å². The van der Waals surface area contributed by atoms with E-state index in [4.69, 9.17) is 0 Å². The first-order chi connectivity index (χ1) is 9.74. The molecule has 0 aliphatic heterocycles. The zero-order valence-electron chi connectivity index (χ0n) is 12.8. The van der Waals surface area contributed by atoms with Gasteiger partial charge in [-0.25, -0.2) is 0 Å². The number of halogens is 3. The molecule has 0 aromatic carbocycles. The first kappa shape index (κ1) is 17.3. The highest BCUT2D eigenvalue weighted by Crippen LogP contribution is 2.30. The molecule has 0 atom stereocenters. The Morgan fingerprint density at radius 3 is 2.57 bits per heavy atom. The van der Waals surface area contributed by atoms with Gasteiger partial charge < -0.3 is 10.6 Å². The van der Waals surface area contributed by atoms with E-state index in [-0.39, 0.29) is 12.1 Å². The van der Waals surface area contributed by atoms with Crippen LogP contribution in [0.1, 0.15) is 31.5 Å². The summed E-state index contributed by atoms with van der Waals surface area (Å²) in [5.41, 5.74) is -0.771. The molecule has 0 amide bonds. The molecule has 0 unspecified atom stereocenters. The Balaban J connectivity index is 2.61. The number of guanidine groups is 1. The molecule has 1 aromatic heterocycles. The van der Waals surface area contributed by atoms with Gasteiger partial charge in [-0.2, -0.15) is 18.3 Å². The van der Waals surface area contributed by atoms with Crippen molar-refractivity contribution < 1.29 is 13.2 Å². The Labute approximate surface area is 122 Å². The summed E-state index contributed by atoms with van der Waals surface area (Å²) < 4.78 is 39.6. The van der Waals surface area contributed by atoms with E-state index in [1.807, 2.05) is 0 Å². The first-order valence-electron chi connectivity index (χ1n) is 6.78. The lowest BCUT2D eigenvalue weighted by molar-refractivity contribution is -0.142. The van der Waals surface area contributed by atoms with Gasteiger partial charge in [-0.15, -0.1) is 0 Å². The SMILES string of the molecule is CN=C(NCCC(C)C)NCc1cn(C)nc1C(F)(F)F. The smallest absolute Gasteiger partial charge is 0.356 e. The molecule has 5 nitrogen and oxygen atoms in total. The molecule has 0 bridgehead atoms. The average Bonchev–Trinajstić information content (AvgIpc) is 2.74. The van der Waals surface area contributed by atoms with Crippen LogP contribution in [0.3, 0.4) is 0 Å². The van der Waals surface area contributed by atoms with E-state index in [2.05, 4.69) is 34.6 Å². The average molecular weight is 305 g/mol. The van der Waals surface area contributed by atoms with Crippen LogP contribution < -0.4 is 10.6 Å². The van der Waals surface area contributed by atoms with Crippen LogP contribution in [0.2, 0.25) is 0 Å². The molecular formula is C13H22F3N5. The van der Waals surface area contributed by atoms with Gasteiger partial charge in [0.1, 0.15) is 0 Å². The molecule has 2 N–H and O–H groups in total. The molecule has 0 saturated heterocycles. The monoisotopic (exact) mass is 305 g/mol. The fraction of sp³-hybridized carbons (Fsp3) is 0.692. The number of alkyl halides is 3. The van der Waals surface area contributed by atoms with Gasteiger partial charge in [0.25, 0.3) is 0 Å². The summed E-state index contributed by atoms with van der Waals surface area (Å²) in [5.74, 6) is 1.03. The highest BCUT2D eigenvalue weighted by molar-refractivity contribution is 5.79. The molecule has 0 radical (unpaired) electrons. The third-order valence-electron chi connectivity index (χ3n) is 2.86. The summed E-state index contributed by atoms with van der Waals surface area (Å²) in [6, 6.07) is 0. The molecule has 0 spiro atoms. The predicted octanol–water partition coefficient (Wildman–Crippen LogP) is 2.15. The van der Waals surface area contributed by atoms with Crippen molar-refractivity contribution in [2.45, 2.75) is 33.0 Å². The number of aryl methyl sites for hydroxylation is 1. The molecule has 8 heteroatoms. The van der Waals surface area contributed by atoms with Crippen LogP contribution in [-0.2, 0) is 19.8 Å². The summed E-state index contributed by atoms with van der Waals surface area (Å²) in [6.45, 7) is 4.94. The van der Waals surface area contributed by atoms with E-state index < -0.39 is 11.9 Å². The predicted molar refractivity (Wildman–Crippen MR) is 75.9 cm³/mol. The highest BCUT2D eigenvalue weighted by Gasteiger charge is 2.36. The number of aromatic nitrogens is 2. The van der Waals surface area contributed by atoms with Gasteiger partial charge in [0.2, 0.25) is 0 Å². The molecule has 120 valence electrons. The van der Waals surface area contributed by atoms with Crippen LogP contribution in [0.25, 0.3) is 0 Å². The lowest BCUT2D eigenvalue weighted by atomic mass is 10.1. The van der Waals surface area contributed by atoms with Crippen LogP contribution in [0.4, 0.5) is 13.2 Å². The normalized spacial score (nSPS) is 12.9. The van der Waals surface area contributed by atoms with Crippen LogP contribution in [-0.4, -0.2) is 29.3 Å². The van der Waals surface area contributed by atoms with Crippen molar-refractivity contribution in [3.05, 3.63) is 17.5 Å². The van der Waals surface area contributed by atoms with Gasteiger partial charge in [-0.1, -0.05) is 13.8 Å². The summed E-state index contributed by atoms with van der Waals surface area (Å²) in [5, 5.41) is 9.40. The fourth-order valence-corrected chi connectivity index (χ4v) is 1.78. The van der Waals surface area contributed by atoms with E-state index in [9.17, 15) is 13.2 Å². The van der Waals surface area contributed by atoms with Gasteiger partial charge in [0.05, 0.1) is 0 Å². The van der Waals surface area contributed by atoms with Crippen molar-refractivity contribution in [2.24, 2.45) is 18.0 Å². The van der Waals surface area contributed by atoms with Crippen molar-refractivity contribution >= 4 is 5.96 Å². The van der Waals surface area contributed by atoms with Gasteiger partial charge in [-0.05, 0) is 12.3 Å². The third-order valence-corrected chi connectivity index (χ3v) is 2.86. The fourth-order valence-electron chi connectivity index (χ4n) is 1.78.